The molecule has 0 atom stereocenters. The molecule has 1 aromatic carbocycles. The molecule has 28 heavy (non-hydrogen) atoms. The number of oxazole rings is 1. The Labute approximate surface area is 169 Å². The standard InChI is InChI=1S/C21H25N5OS/c1-15-9-11-25(12-10-15)20-23-24-21(26(20)18-7-8-18)28-14-17-13-27-19(22-17)16-5-3-2-4-6-16/h2-6,13,15,18H,7-12,14H2,1H3. The van der Waals surface area contributed by atoms with Gasteiger partial charge < -0.3 is 9.32 Å². The number of nitrogens with zero attached hydrogens (tertiary/aromatic N) is 5. The van der Waals surface area contributed by atoms with Crippen molar-refractivity contribution in [1.82, 2.24) is 19.7 Å². The van der Waals surface area contributed by atoms with E-state index in [0.717, 1.165) is 47.1 Å². The average molecular weight is 396 g/mol. The van der Waals surface area contributed by atoms with Gasteiger partial charge >= 0.3 is 0 Å². The number of hydrogen-bond donors (Lipinski definition) is 0. The van der Waals surface area contributed by atoms with Crippen LogP contribution in [-0.4, -0.2) is 32.8 Å². The third-order valence-corrected chi connectivity index (χ3v) is 6.52. The van der Waals surface area contributed by atoms with Crippen LogP contribution in [-0.2, 0) is 5.75 Å². The summed E-state index contributed by atoms with van der Waals surface area (Å²) in [4.78, 5) is 7.05. The summed E-state index contributed by atoms with van der Waals surface area (Å²) < 4.78 is 8.02. The zero-order valence-electron chi connectivity index (χ0n) is 16.1. The lowest BCUT2D eigenvalue weighted by Gasteiger charge is -2.31. The van der Waals surface area contributed by atoms with E-state index in [1.54, 1.807) is 18.0 Å². The van der Waals surface area contributed by atoms with Crippen molar-refractivity contribution < 1.29 is 4.42 Å². The fourth-order valence-electron chi connectivity index (χ4n) is 3.67. The summed E-state index contributed by atoms with van der Waals surface area (Å²) in [5.74, 6) is 3.27. The molecule has 146 valence electrons. The summed E-state index contributed by atoms with van der Waals surface area (Å²) in [6.07, 6.45) is 6.68. The highest BCUT2D eigenvalue weighted by Gasteiger charge is 2.32. The predicted molar refractivity (Wildman–Crippen MR) is 110 cm³/mol. The van der Waals surface area contributed by atoms with Crippen molar-refractivity contribution in [2.24, 2.45) is 5.92 Å². The first-order valence-electron chi connectivity index (χ1n) is 10.1. The smallest absolute Gasteiger partial charge is 0.228 e. The minimum atomic E-state index is 0.559. The molecule has 0 radical (unpaired) electrons. The number of benzene rings is 1. The maximum Gasteiger partial charge on any atom is 0.228 e. The van der Waals surface area contributed by atoms with E-state index in [2.05, 4.69) is 31.6 Å². The molecule has 2 aliphatic rings. The highest BCUT2D eigenvalue weighted by Crippen LogP contribution is 2.42. The lowest BCUT2D eigenvalue weighted by atomic mass is 10.00. The van der Waals surface area contributed by atoms with Crippen LogP contribution in [0.5, 0.6) is 0 Å². The first-order chi connectivity index (χ1) is 13.8. The van der Waals surface area contributed by atoms with Gasteiger partial charge in [0.25, 0.3) is 0 Å². The molecule has 1 aliphatic carbocycles. The van der Waals surface area contributed by atoms with E-state index >= 15 is 0 Å². The normalized spacial score (nSPS) is 18.0. The van der Waals surface area contributed by atoms with Crippen LogP contribution in [0.2, 0.25) is 0 Å². The zero-order valence-corrected chi connectivity index (χ0v) is 16.9. The van der Waals surface area contributed by atoms with Gasteiger partial charge in [0.15, 0.2) is 5.16 Å². The van der Waals surface area contributed by atoms with Crippen LogP contribution in [0, 0.1) is 5.92 Å². The van der Waals surface area contributed by atoms with Gasteiger partial charge in [-0.25, -0.2) is 4.98 Å². The van der Waals surface area contributed by atoms with Crippen molar-refractivity contribution in [2.75, 3.05) is 18.0 Å². The Morgan fingerprint density at radius 3 is 2.61 bits per heavy atom. The topological polar surface area (TPSA) is 60.0 Å². The molecule has 0 amide bonds. The first-order valence-corrected chi connectivity index (χ1v) is 11.1. The van der Waals surface area contributed by atoms with E-state index in [9.17, 15) is 0 Å². The number of aromatic nitrogens is 4. The van der Waals surface area contributed by atoms with Gasteiger partial charge in [0.05, 0.1) is 5.69 Å². The van der Waals surface area contributed by atoms with Crippen LogP contribution < -0.4 is 4.90 Å². The molecule has 0 bridgehead atoms. The molecule has 1 saturated heterocycles. The van der Waals surface area contributed by atoms with Crippen molar-refractivity contribution in [2.45, 2.75) is 49.6 Å². The van der Waals surface area contributed by atoms with E-state index in [0.29, 0.717) is 11.9 Å². The summed E-state index contributed by atoms with van der Waals surface area (Å²) in [5.41, 5.74) is 1.93. The van der Waals surface area contributed by atoms with Crippen molar-refractivity contribution in [3.05, 3.63) is 42.3 Å². The van der Waals surface area contributed by atoms with Gasteiger partial charge in [-0.1, -0.05) is 36.9 Å². The van der Waals surface area contributed by atoms with E-state index in [1.807, 2.05) is 30.3 Å². The summed E-state index contributed by atoms with van der Waals surface area (Å²) in [6.45, 7) is 4.51. The third kappa shape index (κ3) is 3.68. The fourth-order valence-corrected chi connectivity index (χ4v) is 4.55. The highest BCUT2D eigenvalue weighted by molar-refractivity contribution is 7.98. The van der Waals surface area contributed by atoms with Crippen LogP contribution in [0.25, 0.3) is 11.5 Å². The Morgan fingerprint density at radius 1 is 1.07 bits per heavy atom. The number of hydrogen-bond acceptors (Lipinski definition) is 6. The largest absolute Gasteiger partial charge is 0.444 e. The maximum absolute atomic E-state index is 5.66. The second kappa shape index (κ2) is 7.62. The maximum atomic E-state index is 5.66. The number of piperidine rings is 1. The Morgan fingerprint density at radius 2 is 1.86 bits per heavy atom. The summed E-state index contributed by atoms with van der Waals surface area (Å²) >= 11 is 1.70. The predicted octanol–water partition coefficient (Wildman–Crippen LogP) is 4.80. The van der Waals surface area contributed by atoms with E-state index in [-0.39, 0.29) is 0 Å². The molecule has 6 nitrogen and oxygen atoms in total. The van der Waals surface area contributed by atoms with E-state index < -0.39 is 0 Å². The average Bonchev–Trinajstić information content (AvgIpc) is 3.30. The van der Waals surface area contributed by atoms with Gasteiger partial charge in [-0.3, -0.25) is 4.57 Å². The van der Waals surface area contributed by atoms with E-state index in [4.69, 9.17) is 4.42 Å². The van der Waals surface area contributed by atoms with Crippen molar-refractivity contribution >= 4 is 17.7 Å². The molecule has 2 fully saturated rings. The first kappa shape index (κ1) is 17.8. The van der Waals surface area contributed by atoms with Gasteiger partial charge in [0.1, 0.15) is 6.26 Å². The fraction of sp³-hybridized carbons (Fsp3) is 0.476. The second-order valence-corrected chi connectivity index (χ2v) is 8.79. The number of rotatable bonds is 6. The number of anilines is 1. The Hall–Kier alpha value is -2.28. The molecule has 7 heteroatoms. The lowest BCUT2D eigenvalue weighted by molar-refractivity contribution is 0.429. The molecule has 3 aromatic rings. The Kier molecular flexibility index (Phi) is 4.84. The monoisotopic (exact) mass is 395 g/mol. The van der Waals surface area contributed by atoms with Crippen molar-refractivity contribution in [3.63, 3.8) is 0 Å². The minimum Gasteiger partial charge on any atom is -0.444 e. The van der Waals surface area contributed by atoms with Crippen LogP contribution in [0.15, 0.2) is 46.2 Å². The lowest BCUT2D eigenvalue weighted by Crippen LogP contribution is -2.34. The molecule has 1 saturated carbocycles. The van der Waals surface area contributed by atoms with Crippen molar-refractivity contribution in [1.29, 1.82) is 0 Å². The summed E-state index contributed by atoms with van der Waals surface area (Å²) in [6, 6.07) is 10.6. The molecule has 3 heterocycles. The molecule has 1 aliphatic heterocycles. The second-order valence-electron chi connectivity index (χ2n) is 7.85. The van der Waals surface area contributed by atoms with Gasteiger partial charge in [-0.15, -0.1) is 10.2 Å². The zero-order chi connectivity index (χ0) is 18.9. The molecule has 5 rings (SSSR count). The molecule has 0 spiro atoms. The molecular weight excluding hydrogens is 370 g/mol. The van der Waals surface area contributed by atoms with Gasteiger partial charge in [-0.05, 0) is 43.7 Å². The molecule has 0 unspecified atom stereocenters. The van der Waals surface area contributed by atoms with Gasteiger partial charge in [0, 0.05) is 30.4 Å². The molecule has 2 aromatic heterocycles. The summed E-state index contributed by atoms with van der Waals surface area (Å²) in [5, 5.41) is 10.1. The minimum absolute atomic E-state index is 0.559. The number of thioether (sulfide) groups is 1. The van der Waals surface area contributed by atoms with Gasteiger partial charge in [-0.2, -0.15) is 0 Å². The van der Waals surface area contributed by atoms with Crippen LogP contribution in [0.1, 0.15) is 44.3 Å². The van der Waals surface area contributed by atoms with Crippen LogP contribution in [0.4, 0.5) is 5.95 Å². The van der Waals surface area contributed by atoms with Crippen LogP contribution in [0.3, 0.4) is 0 Å². The SMILES string of the molecule is CC1CCN(c2nnc(SCc3coc(-c4ccccc4)n3)n2C2CC2)CC1. The molecular formula is C21H25N5OS. The Balaban J connectivity index is 1.30. The van der Waals surface area contributed by atoms with Gasteiger partial charge in [0.2, 0.25) is 11.8 Å². The third-order valence-electron chi connectivity index (χ3n) is 5.55. The van der Waals surface area contributed by atoms with Crippen LogP contribution >= 0.6 is 11.8 Å². The Bertz CT molecular complexity index is 925. The quantitative estimate of drug-likeness (QED) is 0.559. The highest BCUT2D eigenvalue weighted by atomic mass is 32.2. The van der Waals surface area contributed by atoms with Crippen molar-refractivity contribution in [3.8, 4) is 11.5 Å². The summed E-state index contributed by atoms with van der Waals surface area (Å²) in [7, 11) is 0. The molecule has 0 N–H and O–H groups in total. The van der Waals surface area contributed by atoms with E-state index in [1.165, 1.54) is 25.7 Å².